The average molecular weight is 364 g/mol. The Bertz CT molecular complexity index is 824. The molecule has 0 aliphatic carbocycles. The number of thiophene rings is 1. The molecule has 0 atom stereocenters. The number of hydrogen-bond acceptors (Lipinski definition) is 7. The predicted molar refractivity (Wildman–Crippen MR) is 101 cm³/mol. The zero-order valence-electron chi connectivity index (χ0n) is 12.9. The van der Waals surface area contributed by atoms with Crippen LogP contribution in [0.4, 0.5) is 5.69 Å². The minimum absolute atomic E-state index is 0.0275. The summed E-state index contributed by atoms with van der Waals surface area (Å²) in [6.07, 6.45) is 0. The van der Waals surface area contributed by atoms with Crippen molar-refractivity contribution in [3.8, 4) is 0 Å². The summed E-state index contributed by atoms with van der Waals surface area (Å²) in [6.45, 7) is 0.990. The Kier molecular flexibility index (Phi) is 5.01. The number of carbonyl (C=O) groups excluding carboxylic acids is 1. The molecule has 0 saturated carbocycles. The number of benzene rings is 1. The molecule has 2 N–H and O–H groups in total. The predicted octanol–water partition coefficient (Wildman–Crippen LogP) is 3.82. The van der Waals surface area contributed by atoms with Crippen LogP contribution in [0.2, 0.25) is 0 Å². The molecular formula is C16H17N3OS3. The van der Waals surface area contributed by atoms with Gasteiger partial charge in [0, 0.05) is 17.9 Å². The van der Waals surface area contributed by atoms with Crippen molar-refractivity contribution in [2.45, 2.75) is 4.21 Å². The third-order valence-corrected chi connectivity index (χ3v) is 6.64. The molecule has 7 heteroatoms. The van der Waals surface area contributed by atoms with Gasteiger partial charge in [-0.05, 0) is 25.6 Å². The second kappa shape index (κ2) is 7.00. The molecule has 0 spiro atoms. The number of ketones is 1. The second-order valence-electron chi connectivity index (χ2n) is 5.34. The first-order valence-corrected chi connectivity index (χ1v) is 9.70. The summed E-state index contributed by atoms with van der Waals surface area (Å²) in [4.78, 5) is 16.2. The minimum atomic E-state index is -0.0275. The summed E-state index contributed by atoms with van der Waals surface area (Å²) in [7, 11) is 4.11. The molecule has 3 rings (SSSR count). The van der Waals surface area contributed by atoms with Gasteiger partial charge < -0.3 is 10.6 Å². The molecule has 0 amide bonds. The molecule has 3 aromatic rings. The van der Waals surface area contributed by atoms with Crippen LogP contribution in [0.15, 0.2) is 34.5 Å². The quantitative estimate of drug-likeness (QED) is 0.533. The molecular weight excluding hydrogens is 346 g/mol. The molecule has 0 unspecified atom stereocenters. The largest absolute Gasteiger partial charge is 0.397 e. The zero-order valence-corrected chi connectivity index (χ0v) is 15.4. The van der Waals surface area contributed by atoms with E-state index in [1.807, 2.05) is 30.3 Å². The first-order valence-electron chi connectivity index (χ1n) is 7.13. The molecule has 0 fully saturated rings. The number of rotatable bonds is 6. The Hall–Kier alpha value is -1.41. The maximum absolute atomic E-state index is 12.6. The van der Waals surface area contributed by atoms with Gasteiger partial charge in [0.05, 0.1) is 15.3 Å². The topological polar surface area (TPSA) is 59.2 Å². The fourth-order valence-corrected chi connectivity index (χ4v) is 5.57. The van der Waals surface area contributed by atoms with Crippen LogP contribution in [-0.2, 0) is 0 Å². The lowest BCUT2D eigenvalue weighted by Gasteiger charge is -2.07. The Morgan fingerprint density at radius 1 is 1.30 bits per heavy atom. The number of aromatic nitrogens is 1. The van der Waals surface area contributed by atoms with E-state index in [0.717, 1.165) is 26.7 Å². The summed E-state index contributed by atoms with van der Waals surface area (Å²) in [6, 6.07) is 9.25. The lowest BCUT2D eigenvalue weighted by molar-refractivity contribution is 0.104. The smallest absolute Gasteiger partial charge is 0.205 e. The number of hydrogen-bond donors (Lipinski definition) is 1. The van der Waals surface area contributed by atoms with Crippen molar-refractivity contribution in [3.05, 3.63) is 40.8 Å². The number of thioether (sulfide) groups is 1. The van der Waals surface area contributed by atoms with Crippen molar-refractivity contribution in [2.75, 3.05) is 32.1 Å². The van der Waals surface area contributed by atoms with E-state index in [4.69, 9.17) is 5.73 Å². The molecule has 2 heterocycles. The van der Waals surface area contributed by atoms with Gasteiger partial charge in [-0.2, -0.15) is 4.37 Å². The fraction of sp³-hybridized carbons (Fsp3) is 0.250. The highest BCUT2D eigenvalue weighted by molar-refractivity contribution is 8.01. The fourth-order valence-electron chi connectivity index (χ4n) is 2.13. The van der Waals surface area contributed by atoms with Crippen molar-refractivity contribution in [3.63, 3.8) is 0 Å². The van der Waals surface area contributed by atoms with Crippen LogP contribution in [0, 0.1) is 0 Å². The van der Waals surface area contributed by atoms with Crippen LogP contribution in [0.5, 0.6) is 0 Å². The van der Waals surface area contributed by atoms with E-state index in [1.165, 1.54) is 22.9 Å². The minimum Gasteiger partial charge on any atom is -0.397 e. The van der Waals surface area contributed by atoms with E-state index in [-0.39, 0.29) is 5.78 Å². The molecule has 4 nitrogen and oxygen atoms in total. The molecule has 23 heavy (non-hydrogen) atoms. The molecule has 1 aromatic carbocycles. The number of fused-ring (bicyclic) bond motifs is 1. The van der Waals surface area contributed by atoms with E-state index in [1.54, 1.807) is 11.8 Å². The third-order valence-electron chi connectivity index (χ3n) is 3.36. The van der Waals surface area contributed by atoms with Crippen molar-refractivity contribution >= 4 is 56.3 Å². The third kappa shape index (κ3) is 3.42. The monoisotopic (exact) mass is 363 g/mol. The SMILES string of the molecule is CN(C)CCSc1snc2sc(C(=O)c3ccccc3)c(N)c12. The van der Waals surface area contributed by atoms with Crippen molar-refractivity contribution in [1.29, 1.82) is 0 Å². The van der Waals surface area contributed by atoms with Gasteiger partial charge in [-0.3, -0.25) is 4.79 Å². The van der Waals surface area contributed by atoms with Crippen LogP contribution < -0.4 is 5.73 Å². The summed E-state index contributed by atoms with van der Waals surface area (Å²) in [5.41, 5.74) is 7.52. The van der Waals surface area contributed by atoms with Gasteiger partial charge in [-0.25, -0.2) is 0 Å². The second-order valence-corrected chi connectivity index (χ2v) is 8.48. The number of carbonyl (C=O) groups is 1. The highest BCUT2D eigenvalue weighted by Crippen LogP contribution is 2.42. The van der Waals surface area contributed by atoms with E-state index in [2.05, 4.69) is 23.4 Å². The maximum Gasteiger partial charge on any atom is 0.205 e. The van der Waals surface area contributed by atoms with Gasteiger partial charge in [0.25, 0.3) is 0 Å². The zero-order chi connectivity index (χ0) is 16.4. The Labute approximate surface area is 147 Å². The first-order chi connectivity index (χ1) is 11.1. The van der Waals surface area contributed by atoms with Gasteiger partial charge >= 0.3 is 0 Å². The lowest BCUT2D eigenvalue weighted by Crippen LogP contribution is -2.14. The summed E-state index contributed by atoms with van der Waals surface area (Å²) in [5, 5.41) is 0.947. The Balaban J connectivity index is 1.90. The highest BCUT2D eigenvalue weighted by Gasteiger charge is 2.22. The first kappa shape index (κ1) is 16.4. The average Bonchev–Trinajstić information content (AvgIpc) is 3.08. The van der Waals surface area contributed by atoms with E-state index < -0.39 is 0 Å². The van der Waals surface area contributed by atoms with Crippen LogP contribution in [0.1, 0.15) is 15.2 Å². The van der Waals surface area contributed by atoms with Crippen molar-refractivity contribution in [2.24, 2.45) is 0 Å². The number of nitrogens with zero attached hydrogens (tertiary/aromatic N) is 2. The molecule has 0 aliphatic rings. The number of nitrogen functional groups attached to an aromatic ring is 1. The van der Waals surface area contributed by atoms with E-state index in [9.17, 15) is 4.79 Å². The standard InChI is InChI=1S/C16H17N3OS3/c1-19(2)8-9-21-16-11-12(17)14(22-15(11)18-23-16)13(20)10-6-4-3-5-7-10/h3-7H,8-9,17H2,1-2H3. The van der Waals surface area contributed by atoms with Gasteiger partial charge in [-0.15, -0.1) is 23.1 Å². The molecule has 120 valence electrons. The van der Waals surface area contributed by atoms with Gasteiger partial charge in [0.1, 0.15) is 9.71 Å². The summed E-state index contributed by atoms with van der Waals surface area (Å²) < 4.78 is 5.57. The summed E-state index contributed by atoms with van der Waals surface area (Å²) >= 11 is 4.60. The highest BCUT2D eigenvalue weighted by atomic mass is 32.2. The molecule has 2 aromatic heterocycles. The lowest BCUT2D eigenvalue weighted by atomic mass is 10.1. The molecule has 0 saturated heterocycles. The van der Waals surface area contributed by atoms with Gasteiger partial charge in [0.2, 0.25) is 5.78 Å². The Morgan fingerprint density at radius 3 is 2.74 bits per heavy atom. The number of anilines is 1. The molecule has 0 bridgehead atoms. The number of nitrogens with two attached hydrogens (primary N) is 1. The van der Waals surface area contributed by atoms with Gasteiger partial charge in [0.15, 0.2) is 0 Å². The van der Waals surface area contributed by atoms with E-state index >= 15 is 0 Å². The normalized spacial score (nSPS) is 11.4. The van der Waals surface area contributed by atoms with Crippen LogP contribution in [0.3, 0.4) is 0 Å². The molecule has 0 aliphatic heterocycles. The molecule has 0 radical (unpaired) electrons. The van der Waals surface area contributed by atoms with Crippen LogP contribution in [-0.4, -0.2) is 41.4 Å². The van der Waals surface area contributed by atoms with Crippen molar-refractivity contribution < 1.29 is 4.79 Å². The summed E-state index contributed by atoms with van der Waals surface area (Å²) in [5.74, 6) is 0.946. The van der Waals surface area contributed by atoms with Crippen molar-refractivity contribution in [1.82, 2.24) is 9.27 Å². The Morgan fingerprint density at radius 2 is 2.04 bits per heavy atom. The van der Waals surface area contributed by atoms with Crippen LogP contribution in [0.25, 0.3) is 10.2 Å². The maximum atomic E-state index is 12.6. The van der Waals surface area contributed by atoms with Gasteiger partial charge in [-0.1, -0.05) is 30.3 Å². The van der Waals surface area contributed by atoms with Crippen LogP contribution >= 0.6 is 34.6 Å². The van der Waals surface area contributed by atoms with E-state index in [0.29, 0.717) is 16.1 Å².